The Kier molecular flexibility index (Phi) is 3.52. The zero-order valence-electron chi connectivity index (χ0n) is 13.0. The summed E-state index contributed by atoms with van der Waals surface area (Å²) in [5.41, 5.74) is 5.73. The quantitative estimate of drug-likeness (QED) is 0.588. The van der Waals surface area contributed by atoms with Crippen LogP contribution in [0.25, 0.3) is 21.9 Å². The highest BCUT2D eigenvalue weighted by molar-refractivity contribution is 6.10. The van der Waals surface area contributed by atoms with Gasteiger partial charge in [-0.2, -0.15) is 0 Å². The van der Waals surface area contributed by atoms with Gasteiger partial charge in [0, 0.05) is 11.1 Å². The van der Waals surface area contributed by atoms with Gasteiger partial charge < -0.3 is 10.2 Å². The van der Waals surface area contributed by atoms with Crippen LogP contribution in [0.4, 0.5) is 0 Å². The van der Waals surface area contributed by atoms with Crippen LogP contribution in [-0.2, 0) is 0 Å². The number of carbonyl (C=O) groups excluding carboxylic acids is 3. The first-order chi connectivity index (χ1) is 11.3. The fourth-order valence-corrected chi connectivity index (χ4v) is 2.58. The SMILES string of the molecule is CC(=O)c1cc(C(C)=O)c2oc3ccc(C(N)=O)cc3c(=O)c2c1. The van der Waals surface area contributed by atoms with E-state index in [1.807, 2.05) is 0 Å². The Morgan fingerprint density at radius 1 is 0.917 bits per heavy atom. The smallest absolute Gasteiger partial charge is 0.248 e. The molecule has 24 heavy (non-hydrogen) atoms. The van der Waals surface area contributed by atoms with E-state index in [1.54, 1.807) is 0 Å². The molecule has 0 saturated heterocycles. The maximum absolute atomic E-state index is 12.8. The van der Waals surface area contributed by atoms with Crippen molar-refractivity contribution in [1.82, 2.24) is 0 Å². The number of primary amides is 1. The Labute approximate surface area is 135 Å². The van der Waals surface area contributed by atoms with Gasteiger partial charge in [-0.05, 0) is 44.2 Å². The number of amides is 1. The van der Waals surface area contributed by atoms with Crippen LogP contribution in [0.1, 0.15) is 44.9 Å². The van der Waals surface area contributed by atoms with Gasteiger partial charge in [0.25, 0.3) is 0 Å². The molecule has 0 fully saturated rings. The molecule has 3 rings (SSSR count). The van der Waals surface area contributed by atoms with Crippen molar-refractivity contribution in [2.45, 2.75) is 13.8 Å². The molecule has 0 aliphatic heterocycles. The first-order valence-electron chi connectivity index (χ1n) is 7.16. The van der Waals surface area contributed by atoms with E-state index in [-0.39, 0.29) is 50.2 Å². The molecule has 0 saturated carbocycles. The van der Waals surface area contributed by atoms with Gasteiger partial charge in [0.2, 0.25) is 11.3 Å². The zero-order chi connectivity index (χ0) is 17.6. The third-order valence-electron chi connectivity index (χ3n) is 3.84. The molecule has 0 bridgehead atoms. The second kappa shape index (κ2) is 5.42. The second-order valence-corrected chi connectivity index (χ2v) is 5.52. The predicted octanol–water partition coefficient (Wildman–Crippen LogP) is 2.45. The molecular formula is C18H13NO5. The van der Waals surface area contributed by atoms with Crippen LogP contribution in [0.2, 0.25) is 0 Å². The monoisotopic (exact) mass is 323 g/mol. The van der Waals surface area contributed by atoms with Crippen LogP contribution >= 0.6 is 0 Å². The van der Waals surface area contributed by atoms with E-state index in [9.17, 15) is 19.2 Å². The molecule has 0 aliphatic carbocycles. The molecule has 1 heterocycles. The summed E-state index contributed by atoms with van der Waals surface area (Å²) < 4.78 is 5.70. The number of ketones is 2. The van der Waals surface area contributed by atoms with E-state index in [0.717, 1.165) is 0 Å². The Morgan fingerprint density at radius 2 is 1.58 bits per heavy atom. The van der Waals surface area contributed by atoms with E-state index in [0.29, 0.717) is 0 Å². The standard InChI is InChI=1S/C18H13NO5/c1-8(20)11-6-12(9(2)21)17-14(7-11)16(22)13-5-10(18(19)23)3-4-15(13)24-17/h3-7H,1-2H3,(H2,19,23). The number of benzene rings is 2. The Morgan fingerprint density at radius 3 is 2.17 bits per heavy atom. The summed E-state index contributed by atoms with van der Waals surface area (Å²) in [4.78, 5) is 47.7. The molecular weight excluding hydrogens is 310 g/mol. The molecule has 120 valence electrons. The molecule has 2 aromatic carbocycles. The molecule has 1 amide bonds. The number of carbonyl (C=O) groups is 3. The lowest BCUT2D eigenvalue weighted by atomic mass is 10.00. The van der Waals surface area contributed by atoms with Crippen molar-refractivity contribution in [3.8, 4) is 0 Å². The van der Waals surface area contributed by atoms with Gasteiger partial charge >= 0.3 is 0 Å². The third-order valence-corrected chi connectivity index (χ3v) is 3.84. The van der Waals surface area contributed by atoms with E-state index in [4.69, 9.17) is 10.2 Å². The molecule has 0 unspecified atom stereocenters. The van der Waals surface area contributed by atoms with Crippen molar-refractivity contribution >= 4 is 39.4 Å². The summed E-state index contributed by atoms with van der Waals surface area (Å²) in [7, 11) is 0. The molecule has 6 nitrogen and oxygen atoms in total. The highest BCUT2D eigenvalue weighted by Gasteiger charge is 2.17. The normalized spacial score (nSPS) is 10.9. The first-order valence-corrected chi connectivity index (χ1v) is 7.16. The number of Topliss-reactive ketones (excluding diaryl/α,β-unsaturated/α-hetero) is 2. The zero-order valence-corrected chi connectivity index (χ0v) is 13.0. The maximum Gasteiger partial charge on any atom is 0.248 e. The predicted molar refractivity (Wildman–Crippen MR) is 88.5 cm³/mol. The van der Waals surface area contributed by atoms with Gasteiger partial charge in [0.1, 0.15) is 11.2 Å². The van der Waals surface area contributed by atoms with Crippen LogP contribution in [0.3, 0.4) is 0 Å². The summed E-state index contributed by atoms with van der Waals surface area (Å²) in [5.74, 6) is -1.26. The highest BCUT2D eigenvalue weighted by atomic mass is 16.3. The number of hydrogen-bond donors (Lipinski definition) is 1. The molecule has 0 aliphatic rings. The van der Waals surface area contributed by atoms with Crippen molar-refractivity contribution in [1.29, 1.82) is 0 Å². The van der Waals surface area contributed by atoms with E-state index < -0.39 is 11.3 Å². The Balaban J connectivity index is 2.52. The van der Waals surface area contributed by atoms with Crippen LogP contribution in [0, 0.1) is 0 Å². The minimum absolute atomic E-state index is 0.113. The minimum atomic E-state index is -0.668. The van der Waals surface area contributed by atoms with Crippen LogP contribution in [0.15, 0.2) is 39.5 Å². The van der Waals surface area contributed by atoms with Gasteiger partial charge in [-0.15, -0.1) is 0 Å². The van der Waals surface area contributed by atoms with Crippen molar-refractivity contribution in [3.05, 3.63) is 57.2 Å². The van der Waals surface area contributed by atoms with Gasteiger partial charge in [-0.3, -0.25) is 19.2 Å². The summed E-state index contributed by atoms with van der Waals surface area (Å²) >= 11 is 0. The average molecular weight is 323 g/mol. The fraction of sp³-hybridized carbons (Fsp3) is 0.111. The average Bonchev–Trinajstić information content (AvgIpc) is 2.53. The summed E-state index contributed by atoms with van der Waals surface area (Å²) in [6, 6.07) is 7.05. The lowest BCUT2D eigenvalue weighted by Crippen LogP contribution is -2.12. The molecule has 0 radical (unpaired) electrons. The molecule has 0 atom stereocenters. The summed E-state index contributed by atoms with van der Waals surface area (Å²) in [5, 5.41) is 0.274. The Hall–Kier alpha value is -3.28. The fourth-order valence-electron chi connectivity index (χ4n) is 2.58. The van der Waals surface area contributed by atoms with Gasteiger partial charge in [-0.25, -0.2) is 0 Å². The summed E-state index contributed by atoms with van der Waals surface area (Å²) in [6.45, 7) is 2.68. The van der Waals surface area contributed by atoms with Crippen LogP contribution in [-0.4, -0.2) is 17.5 Å². The highest BCUT2D eigenvalue weighted by Crippen LogP contribution is 2.25. The first kappa shape index (κ1) is 15.6. The lowest BCUT2D eigenvalue weighted by molar-refractivity contribution is 0.0994. The molecule has 2 N–H and O–H groups in total. The maximum atomic E-state index is 12.8. The third kappa shape index (κ3) is 2.38. The van der Waals surface area contributed by atoms with Crippen LogP contribution in [0.5, 0.6) is 0 Å². The topological polar surface area (TPSA) is 107 Å². The van der Waals surface area contributed by atoms with Gasteiger partial charge in [-0.1, -0.05) is 0 Å². The molecule has 3 aromatic rings. The van der Waals surface area contributed by atoms with E-state index in [1.165, 1.54) is 44.2 Å². The van der Waals surface area contributed by atoms with E-state index in [2.05, 4.69) is 0 Å². The largest absolute Gasteiger partial charge is 0.455 e. The number of fused-ring (bicyclic) bond motifs is 2. The number of nitrogens with two attached hydrogens (primary N) is 1. The lowest BCUT2D eigenvalue weighted by Gasteiger charge is -2.07. The van der Waals surface area contributed by atoms with Gasteiger partial charge in [0.05, 0.1) is 16.3 Å². The summed E-state index contributed by atoms with van der Waals surface area (Å²) in [6.07, 6.45) is 0. The van der Waals surface area contributed by atoms with Crippen molar-refractivity contribution < 1.29 is 18.8 Å². The number of rotatable bonds is 3. The second-order valence-electron chi connectivity index (χ2n) is 5.52. The molecule has 0 spiro atoms. The minimum Gasteiger partial charge on any atom is -0.455 e. The van der Waals surface area contributed by atoms with Crippen molar-refractivity contribution in [2.24, 2.45) is 5.73 Å². The van der Waals surface area contributed by atoms with Crippen molar-refractivity contribution in [3.63, 3.8) is 0 Å². The van der Waals surface area contributed by atoms with E-state index >= 15 is 0 Å². The Bertz CT molecular complexity index is 1110. The molecule has 6 heteroatoms. The van der Waals surface area contributed by atoms with Crippen LogP contribution < -0.4 is 11.2 Å². The number of hydrogen-bond acceptors (Lipinski definition) is 5. The van der Waals surface area contributed by atoms with Crippen molar-refractivity contribution in [2.75, 3.05) is 0 Å². The molecule has 1 aromatic heterocycles. The van der Waals surface area contributed by atoms with Gasteiger partial charge in [0.15, 0.2) is 11.6 Å².